The van der Waals surface area contributed by atoms with Gasteiger partial charge in [0.25, 0.3) is 0 Å². The Bertz CT molecular complexity index is 969. The highest BCUT2D eigenvalue weighted by Gasteiger charge is 2.47. The van der Waals surface area contributed by atoms with Crippen molar-refractivity contribution < 1.29 is 22.7 Å². The minimum absolute atomic E-state index is 0.000138. The fraction of sp³-hybridized carbons (Fsp3) is 0.263. The maximum Gasteiger partial charge on any atom is 0.416 e. The number of hydrogen-bond donors (Lipinski definition) is 1. The van der Waals surface area contributed by atoms with Gasteiger partial charge in [0.1, 0.15) is 4.75 Å². The van der Waals surface area contributed by atoms with Crippen LogP contribution in [0.1, 0.15) is 11.1 Å². The zero-order chi connectivity index (χ0) is 21.2. The van der Waals surface area contributed by atoms with Gasteiger partial charge in [0.15, 0.2) is 5.17 Å². The normalized spacial score (nSPS) is 20.9. The van der Waals surface area contributed by atoms with Gasteiger partial charge in [-0.15, -0.1) is 0 Å². The zero-order valence-electron chi connectivity index (χ0n) is 15.0. The minimum atomic E-state index is -4.46. The average molecular weight is 463 g/mol. The number of methoxy groups -OCH3 is 1. The molecule has 1 saturated heterocycles. The van der Waals surface area contributed by atoms with Crippen molar-refractivity contribution in [2.75, 3.05) is 13.7 Å². The van der Waals surface area contributed by atoms with Crippen molar-refractivity contribution in [2.45, 2.75) is 17.3 Å². The molecule has 1 atom stereocenters. The number of amides is 1. The monoisotopic (exact) mass is 462 g/mol. The molecule has 4 nitrogen and oxygen atoms in total. The average Bonchev–Trinajstić information content (AvgIpc) is 2.93. The first-order valence-corrected chi connectivity index (χ1v) is 9.89. The summed E-state index contributed by atoms with van der Waals surface area (Å²) in [6.45, 7) is 0.000138. The van der Waals surface area contributed by atoms with Crippen LogP contribution in [0.5, 0.6) is 0 Å². The van der Waals surface area contributed by atoms with Crippen molar-refractivity contribution in [3.05, 3.63) is 63.6 Å². The van der Waals surface area contributed by atoms with Crippen LogP contribution in [-0.2, 0) is 22.1 Å². The second kappa shape index (κ2) is 8.55. The van der Waals surface area contributed by atoms with E-state index in [4.69, 9.17) is 27.9 Å². The molecule has 0 radical (unpaired) electrons. The van der Waals surface area contributed by atoms with Gasteiger partial charge in [0, 0.05) is 7.11 Å². The quantitative estimate of drug-likeness (QED) is 0.638. The number of nitrogens with zero attached hydrogens (tertiary/aromatic N) is 1. The molecule has 0 bridgehead atoms. The number of thioether (sulfide) groups is 1. The molecule has 0 aromatic heterocycles. The number of halogens is 5. The summed E-state index contributed by atoms with van der Waals surface area (Å²) in [6.07, 6.45) is -4.42. The predicted molar refractivity (Wildman–Crippen MR) is 109 cm³/mol. The number of nitrogens with one attached hydrogen (secondary N) is 1. The SMILES string of the molecule is COCC1(Cc2cccc(C(F)(F)F)c2)SC(=Nc2ccc(Cl)c(Cl)c2)NC1=O. The van der Waals surface area contributed by atoms with Crippen LogP contribution in [0.25, 0.3) is 0 Å². The third-order valence-electron chi connectivity index (χ3n) is 4.18. The van der Waals surface area contributed by atoms with Gasteiger partial charge in [0.05, 0.1) is 27.9 Å². The molecule has 1 aliphatic heterocycles. The largest absolute Gasteiger partial charge is 0.416 e. The van der Waals surface area contributed by atoms with Crippen LogP contribution >= 0.6 is 35.0 Å². The lowest BCUT2D eigenvalue weighted by atomic mass is 9.97. The third kappa shape index (κ3) is 5.06. The minimum Gasteiger partial charge on any atom is -0.383 e. The number of carbonyl (C=O) groups excluding carboxylic acids is 1. The van der Waals surface area contributed by atoms with Crippen LogP contribution in [0.3, 0.4) is 0 Å². The molecule has 2 aromatic rings. The van der Waals surface area contributed by atoms with E-state index >= 15 is 0 Å². The Labute approximate surface area is 179 Å². The van der Waals surface area contributed by atoms with E-state index in [-0.39, 0.29) is 18.9 Å². The summed E-state index contributed by atoms with van der Waals surface area (Å²) in [4.78, 5) is 17.1. The number of carbonyl (C=O) groups is 1. The Hall–Kier alpha value is -1.74. The van der Waals surface area contributed by atoms with Crippen molar-refractivity contribution in [3.63, 3.8) is 0 Å². The number of rotatable bonds is 5. The molecule has 1 amide bonds. The summed E-state index contributed by atoms with van der Waals surface area (Å²) in [5.74, 6) is -0.388. The van der Waals surface area contributed by atoms with Crippen molar-refractivity contribution in [3.8, 4) is 0 Å². The second-order valence-corrected chi connectivity index (χ2v) is 8.56. The van der Waals surface area contributed by atoms with E-state index in [0.29, 0.717) is 26.5 Å². The first-order chi connectivity index (χ1) is 13.6. The van der Waals surface area contributed by atoms with Gasteiger partial charge in [0.2, 0.25) is 5.91 Å². The molecule has 1 heterocycles. The molecule has 10 heteroatoms. The van der Waals surface area contributed by atoms with Crippen LogP contribution in [0.15, 0.2) is 47.5 Å². The van der Waals surface area contributed by atoms with Crippen molar-refractivity contribution in [1.29, 1.82) is 0 Å². The molecule has 1 aliphatic rings. The van der Waals surface area contributed by atoms with E-state index in [1.807, 2.05) is 0 Å². The Morgan fingerprint density at radius 1 is 1.17 bits per heavy atom. The molecule has 0 saturated carbocycles. The molecular weight excluding hydrogens is 448 g/mol. The predicted octanol–water partition coefficient (Wildman–Crippen LogP) is 5.49. The Morgan fingerprint density at radius 2 is 1.93 bits per heavy atom. The molecule has 0 aliphatic carbocycles. The van der Waals surface area contributed by atoms with E-state index in [0.717, 1.165) is 23.9 Å². The highest BCUT2D eigenvalue weighted by molar-refractivity contribution is 8.16. The third-order valence-corrected chi connectivity index (χ3v) is 6.15. The van der Waals surface area contributed by atoms with E-state index in [2.05, 4.69) is 10.3 Å². The number of ether oxygens (including phenoxy) is 1. The van der Waals surface area contributed by atoms with E-state index in [9.17, 15) is 18.0 Å². The molecular formula is C19H15Cl2F3N2O2S. The Morgan fingerprint density at radius 3 is 2.59 bits per heavy atom. The van der Waals surface area contributed by atoms with E-state index in [1.165, 1.54) is 13.2 Å². The van der Waals surface area contributed by atoms with Crippen LogP contribution in [-0.4, -0.2) is 29.5 Å². The second-order valence-electron chi connectivity index (χ2n) is 6.37. The molecule has 0 spiro atoms. The van der Waals surface area contributed by atoms with E-state index in [1.54, 1.807) is 24.3 Å². The molecule has 29 heavy (non-hydrogen) atoms. The lowest BCUT2D eigenvalue weighted by Gasteiger charge is -2.24. The summed E-state index contributed by atoms with van der Waals surface area (Å²) in [5, 5.41) is 3.66. The molecule has 154 valence electrons. The Kier molecular flexibility index (Phi) is 6.48. The maximum atomic E-state index is 13.0. The van der Waals surface area contributed by atoms with Crippen LogP contribution in [0.4, 0.5) is 18.9 Å². The standard InChI is InChI=1S/C19H15Cl2F3N2O2S/c1-28-10-18(9-11-3-2-4-12(7-11)19(22,23)24)16(27)26-17(29-18)25-13-5-6-14(20)15(21)8-13/h2-8H,9-10H2,1H3,(H,25,26,27). The fourth-order valence-corrected chi connectivity index (χ4v) is 4.39. The van der Waals surface area contributed by atoms with Gasteiger partial charge in [-0.25, -0.2) is 4.99 Å². The van der Waals surface area contributed by atoms with Gasteiger partial charge in [-0.3, -0.25) is 4.79 Å². The Balaban J connectivity index is 1.89. The summed E-state index contributed by atoms with van der Waals surface area (Å²) >= 11 is 13.0. The maximum absolute atomic E-state index is 13.0. The number of alkyl halides is 3. The fourth-order valence-electron chi connectivity index (χ4n) is 2.87. The topological polar surface area (TPSA) is 50.7 Å². The van der Waals surface area contributed by atoms with Crippen LogP contribution in [0, 0.1) is 0 Å². The van der Waals surface area contributed by atoms with E-state index < -0.39 is 16.5 Å². The van der Waals surface area contributed by atoms with Crippen LogP contribution < -0.4 is 5.32 Å². The summed E-state index contributed by atoms with van der Waals surface area (Å²) in [5.41, 5.74) is 0.0838. The number of benzene rings is 2. The molecule has 1 N–H and O–H groups in total. The van der Waals surface area contributed by atoms with Gasteiger partial charge in [-0.05, 0) is 36.2 Å². The number of aliphatic imine (C=N–C) groups is 1. The zero-order valence-corrected chi connectivity index (χ0v) is 17.3. The van der Waals surface area contributed by atoms with Crippen molar-refractivity contribution >= 4 is 51.7 Å². The molecule has 2 aromatic carbocycles. The summed E-state index contributed by atoms with van der Waals surface area (Å²) in [7, 11) is 1.43. The first kappa shape index (κ1) is 22.0. The number of amidine groups is 1. The highest BCUT2D eigenvalue weighted by atomic mass is 35.5. The lowest BCUT2D eigenvalue weighted by Crippen LogP contribution is -2.42. The van der Waals surface area contributed by atoms with Gasteiger partial charge in [-0.2, -0.15) is 13.2 Å². The van der Waals surface area contributed by atoms with Crippen LogP contribution in [0.2, 0.25) is 10.0 Å². The number of hydrogen-bond acceptors (Lipinski definition) is 4. The van der Waals surface area contributed by atoms with Gasteiger partial charge >= 0.3 is 6.18 Å². The molecule has 3 rings (SSSR count). The van der Waals surface area contributed by atoms with Crippen molar-refractivity contribution in [2.24, 2.45) is 4.99 Å². The smallest absolute Gasteiger partial charge is 0.383 e. The molecule has 1 unspecified atom stereocenters. The summed E-state index contributed by atoms with van der Waals surface area (Å²) in [6, 6.07) is 9.67. The first-order valence-electron chi connectivity index (χ1n) is 8.32. The van der Waals surface area contributed by atoms with Crippen molar-refractivity contribution in [1.82, 2.24) is 5.32 Å². The highest BCUT2D eigenvalue weighted by Crippen LogP contribution is 2.38. The summed E-state index contributed by atoms with van der Waals surface area (Å²) < 4.78 is 43.1. The lowest BCUT2D eigenvalue weighted by molar-refractivity contribution is -0.137. The van der Waals surface area contributed by atoms with Gasteiger partial charge in [-0.1, -0.05) is 53.2 Å². The molecule has 1 fully saturated rings. The van der Waals surface area contributed by atoms with Gasteiger partial charge < -0.3 is 10.1 Å².